The largest absolute Gasteiger partial charge is 0.379 e. The fraction of sp³-hybridized carbons (Fsp3) is 0.700. The van der Waals surface area contributed by atoms with Crippen LogP contribution in [0.5, 0.6) is 0 Å². The van der Waals surface area contributed by atoms with E-state index in [1.54, 1.807) is 21.2 Å². The zero-order valence-electron chi connectivity index (χ0n) is 17.7. The Bertz CT molecular complexity index is 883. The first-order valence-electron chi connectivity index (χ1n) is 10.9. The number of amides is 2. The molecule has 0 aliphatic carbocycles. The Balaban J connectivity index is 1.36. The Morgan fingerprint density at radius 1 is 0.903 bits per heavy atom. The van der Waals surface area contributed by atoms with Crippen molar-refractivity contribution in [2.75, 3.05) is 72.1 Å². The predicted octanol–water partition coefficient (Wildman–Crippen LogP) is 0.539. The fourth-order valence-electron chi connectivity index (χ4n) is 4.25. The van der Waals surface area contributed by atoms with Crippen molar-refractivity contribution in [3.05, 3.63) is 16.3 Å². The molecule has 0 aromatic carbocycles. The van der Waals surface area contributed by atoms with Gasteiger partial charge in [0.05, 0.1) is 19.8 Å². The number of piperidine rings is 1. The summed E-state index contributed by atoms with van der Waals surface area (Å²) >= 11 is 1.18. The zero-order valence-corrected chi connectivity index (χ0v) is 19.3. The van der Waals surface area contributed by atoms with Crippen LogP contribution < -0.4 is 0 Å². The maximum atomic E-state index is 13.1. The standard InChI is InChI=1S/C20H30N4O5S2/c25-18(16-21-11-13-29-14-12-21)22-7-9-23(10-8-22)20(26)19-17(4-15-30-19)31(27,28)24-5-2-1-3-6-24/h4,15H,1-3,5-14,16H2. The second-order valence-corrected chi connectivity index (χ2v) is 11.0. The van der Waals surface area contributed by atoms with Crippen LogP contribution in [-0.4, -0.2) is 111 Å². The summed E-state index contributed by atoms with van der Waals surface area (Å²) in [6.07, 6.45) is 2.75. The molecule has 31 heavy (non-hydrogen) atoms. The number of piperazine rings is 1. The van der Waals surface area contributed by atoms with E-state index in [0.29, 0.717) is 59.0 Å². The minimum absolute atomic E-state index is 0.0680. The first-order chi connectivity index (χ1) is 15.0. The molecule has 3 fully saturated rings. The molecule has 11 heteroatoms. The summed E-state index contributed by atoms with van der Waals surface area (Å²) in [6, 6.07) is 1.55. The fourth-order valence-corrected chi connectivity index (χ4v) is 7.13. The van der Waals surface area contributed by atoms with E-state index in [4.69, 9.17) is 4.74 Å². The summed E-state index contributed by atoms with van der Waals surface area (Å²) in [7, 11) is -3.66. The topological polar surface area (TPSA) is 90.5 Å². The molecular formula is C20H30N4O5S2. The van der Waals surface area contributed by atoms with Crippen molar-refractivity contribution in [3.8, 4) is 0 Å². The maximum Gasteiger partial charge on any atom is 0.265 e. The minimum Gasteiger partial charge on any atom is -0.379 e. The summed E-state index contributed by atoms with van der Waals surface area (Å²) in [4.78, 5) is 31.7. The van der Waals surface area contributed by atoms with E-state index >= 15 is 0 Å². The van der Waals surface area contributed by atoms with Gasteiger partial charge in [0.1, 0.15) is 9.77 Å². The number of hydrogen-bond donors (Lipinski definition) is 0. The average molecular weight is 471 g/mol. The van der Waals surface area contributed by atoms with Gasteiger partial charge in [-0.05, 0) is 24.3 Å². The van der Waals surface area contributed by atoms with Crippen LogP contribution in [0.1, 0.15) is 28.9 Å². The molecule has 4 rings (SSSR count). The van der Waals surface area contributed by atoms with Gasteiger partial charge in [0.25, 0.3) is 5.91 Å². The second-order valence-electron chi connectivity index (χ2n) is 8.14. The Labute approximate surface area is 187 Å². The molecule has 0 bridgehead atoms. The highest BCUT2D eigenvalue weighted by Crippen LogP contribution is 2.28. The molecule has 0 unspecified atom stereocenters. The predicted molar refractivity (Wildman–Crippen MR) is 117 cm³/mol. The molecule has 3 saturated heterocycles. The average Bonchev–Trinajstić information content (AvgIpc) is 3.31. The van der Waals surface area contributed by atoms with Crippen molar-refractivity contribution < 1.29 is 22.7 Å². The van der Waals surface area contributed by atoms with Crippen LogP contribution in [0.15, 0.2) is 16.3 Å². The van der Waals surface area contributed by atoms with Gasteiger partial charge in [-0.25, -0.2) is 8.42 Å². The Morgan fingerprint density at radius 3 is 2.23 bits per heavy atom. The first-order valence-corrected chi connectivity index (χ1v) is 13.2. The lowest BCUT2D eigenvalue weighted by Gasteiger charge is -2.36. The molecule has 0 radical (unpaired) electrons. The highest BCUT2D eigenvalue weighted by atomic mass is 32.2. The molecule has 1 aromatic rings. The molecule has 172 valence electrons. The molecule has 0 atom stereocenters. The maximum absolute atomic E-state index is 13.1. The van der Waals surface area contributed by atoms with Gasteiger partial charge in [-0.1, -0.05) is 6.42 Å². The van der Waals surface area contributed by atoms with Crippen molar-refractivity contribution in [1.82, 2.24) is 19.0 Å². The number of rotatable bonds is 5. The first kappa shape index (κ1) is 22.7. The summed E-state index contributed by atoms with van der Waals surface area (Å²) < 4.78 is 33.0. The number of ether oxygens (including phenoxy) is 1. The van der Waals surface area contributed by atoms with Crippen molar-refractivity contribution in [3.63, 3.8) is 0 Å². The van der Waals surface area contributed by atoms with E-state index < -0.39 is 10.0 Å². The van der Waals surface area contributed by atoms with E-state index in [2.05, 4.69) is 4.90 Å². The van der Waals surface area contributed by atoms with E-state index in [0.717, 1.165) is 32.4 Å². The van der Waals surface area contributed by atoms with Gasteiger partial charge in [0.15, 0.2) is 0 Å². The van der Waals surface area contributed by atoms with Crippen molar-refractivity contribution in [1.29, 1.82) is 0 Å². The van der Waals surface area contributed by atoms with Crippen molar-refractivity contribution in [2.24, 2.45) is 0 Å². The third-order valence-corrected chi connectivity index (χ3v) is 9.11. The highest BCUT2D eigenvalue weighted by Gasteiger charge is 2.34. The van der Waals surface area contributed by atoms with Crippen molar-refractivity contribution in [2.45, 2.75) is 24.2 Å². The number of carbonyl (C=O) groups excluding carboxylic acids is 2. The van der Waals surface area contributed by atoms with Crippen LogP contribution in [0.2, 0.25) is 0 Å². The van der Waals surface area contributed by atoms with Gasteiger partial charge in [0.2, 0.25) is 15.9 Å². The lowest BCUT2D eigenvalue weighted by atomic mass is 10.2. The van der Waals surface area contributed by atoms with Crippen LogP contribution in [0, 0.1) is 0 Å². The van der Waals surface area contributed by atoms with E-state index in [1.807, 2.05) is 0 Å². The van der Waals surface area contributed by atoms with Gasteiger partial charge in [-0.2, -0.15) is 4.31 Å². The van der Waals surface area contributed by atoms with Crippen LogP contribution >= 0.6 is 11.3 Å². The molecule has 3 aliphatic rings. The highest BCUT2D eigenvalue weighted by molar-refractivity contribution is 7.89. The number of sulfonamides is 1. The molecule has 2 amide bonds. The van der Waals surface area contributed by atoms with Crippen LogP contribution in [0.4, 0.5) is 0 Å². The minimum atomic E-state index is -3.66. The molecular weight excluding hydrogens is 440 g/mol. The summed E-state index contributed by atoms with van der Waals surface area (Å²) in [5.74, 6) is -0.190. The van der Waals surface area contributed by atoms with E-state index in [-0.39, 0.29) is 21.6 Å². The lowest BCUT2D eigenvalue weighted by molar-refractivity contribution is -0.134. The molecule has 4 heterocycles. The molecule has 0 N–H and O–H groups in total. The number of nitrogens with zero attached hydrogens (tertiary/aromatic N) is 4. The van der Waals surface area contributed by atoms with E-state index in [9.17, 15) is 18.0 Å². The number of carbonyl (C=O) groups is 2. The van der Waals surface area contributed by atoms with Gasteiger partial charge >= 0.3 is 0 Å². The van der Waals surface area contributed by atoms with Crippen LogP contribution in [0.25, 0.3) is 0 Å². The molecule has 3 aliphatic heterocycles. The van der Waals surface area contributed by atoms with Gasteiger partial charge in [0, 0.05) is 52.4 Å². The summed E-state index contributed by atoms with van der Waals surface area (Å²) in [6.45, 7) is 5.98. The van der Waals surface area contributed by atoms with Crippen LogP contribution in [-0.2, 0) is 19.6 Å². The monoisotopic (exact) mass is 470 g/mol. The Kier molecular flexibility index (Phi) is 7.27. The van der Waals surface area contributed by atoms with Gasteiger partial charge in [-0.15, -0.1) is 11.3 Å². The smallest absolute Gasteiger partial charge is 0.265 e. The number of morpholine rings is 1. The van der Waals surface area contributed by atoms with Crippen LogP contribution in [0.3, 0.4) is 0 Å². The zero-order chi connectivity index (χ0) is 21.8. The SMILES string of the molecule is O=C(CN1CCOCC1)N1CCN(C(=O)c2sccc2S(=O)(=O)N2CCCCC2)CC1. The Hall–Kier alpha value is -1.53. The normalized spacial score (nSPS) is 21.9. The molecule has 9 nitrogen and oxygen atoms in total. The van der Waals surface area contributed by atoms with E-state index in [1.165, 1.54) is 15.6 Å². The Morgan fingerprint density at radius 2 is 1.55 bits per heavy atom. The molecule has 0 spiro atoms. The van der Waals surface area contributed by atoms with Gasteiger partial charge < -0.3 is 14.5 Å². The lowest BCUT2D eigenvalue weighted by Crippen LogP contribution is -2.53. The summed E-state index contributed by atoms with van der Waals surface area (Å²) in [5.41, 5.74) is 0. The van der Waals surface area contributed by atoms with Gasteiger partial charge in [-0.3, -0.25) is 14.5 Å². The number of hydrogen-bond acceptors (Lipinski definition) is 7. The molecule has 0 saturated carbocycles. The third kappa shape index (κ3) is 5.11. The third-order valence-electron chi connectivity index (χ3n) is 6.14. The molecule has 1 aromatic heterocycles. The second kappa shape index (κ2) is 9.95. The summed E-state index contributed by atoms with van der Waals surface area (Å²) in [5, 5.41) is 1.67. The van der Waals surface area contributed by atoms with Crippen molar-refractivity contribution >= 4 is 33.2 Å². The quantitative estimate of drug-likeness (QED) is 0.624. The number of thiophene rings is 1.